The van der Waals surface area contributed by atoms with E-state index in [2.05, 4.69) is 15.6 Å². The van der Waals surface area contributed by atoms with Gasteiger partial charge in [0.25, 0.3) is 10.0 Å². The lowest BCUT2D eigenvalue weighted by Crippen LogP contribution is -2.48. The highest BCUT2D eigenvalue weighted by molar-refractivity contribution is 7.89. The molecule has 0 aliphatic carbocycles. The summed E-state index contributed by atoms with van der Waals surface area (Å²) in [5.41, 5.74) is 1.25. The number of fused-ring (bicyclic) bond motifs is 1. The Labute approximate surface area is 244 Å². The summed E-state index contributed by atoms with van der Waals surface area (Å²) in [4.78, 5) is 31.5. The molecule has 12 nitrogen and oxygen atoms in total. The van der Waals surface area contributed by atoms with Crippen LogP contribution in [0.1, 0.15) is 19.4 Å². The van der Waals surface area contributed by atoms with Gasteiger partial charge in [-0.05, 0) is 49.4 Å². The minimum atomic E-state index is -3.92. The molecule has 226 valence electrons. The Morgan fingerprint density at radius 3 is 2.52 bits per heavy atom. The molecule has 1 aliphatic heterocycles. The fourth-order valence-corrected chi connectivity index (χ4v) is 5.73. The predicted octanol–water partition coefficient (Wildman–Crippen LogP) is 2.67. The Morgan fingerprint density at radius 1 is 1.21 bits per heavy atom. The van der Waals surface area contributed by atoms with Crippen molar-refractivity contribution in [1.82, 2.24) is 18.8 Å². The molecule has 0 unspecified atom stereocenters. The Hall–Kier alpha value is -4.01. The number of hydrogen-bond donors (Lipinski definition) is 3. The summed E-state index contributed by atoms with van der Waals surface area (Å²) in [5.74, 6) is -0.640. The summed E-state index contributed by atoms with van der Waals surface area (Å²) in [6.07, 6.45) is 2.07. The first-order valence-electron chi connectivity index (χ1n) is 13.3. The molecule has 2 aromatic carbocycles. The van der Waals surface area contributed by atoms with Gasteiger partial charge in [0, 0.05) is 49.7 Å². The fraction of sp³-hybridized carbons (Fsp3) is 0.393. The minimum Gasteiger partial charge on any atom is -0.488 e. The Bertz CT molecular complexity index is 1530. The van der Waals surface area contributed by atoms with Gasteiger partial charge in [-0.15, -0.1) is 0 Å². The summed E-state index contributed by atoms with van der Waals surface area (Å²) >= 11 is 0. The van der Waals surface area contributed by atoms with Crippen molar-refractivity contribution in [3.8, 4) is 5.75 Å². The lowest BCUT2D eigenvalue weighted by Gasteiger charge is -2.33. The molecule has 3 atom stereocenters. The zero-order valence-corrected chi connectivity index (χ0v) is 24.6. The number of carbonyl (C=O) groups excluding carboxylic acids is 2. The van der Waals surface area contributed by atoms with E-state index < -0.39 is 34.0 Å². The van der Waals surface area contributed by atoms with Crippen LogP contribution in [0.25, 0.3) is 0 Å². The molecular formula is C28H35FN6O6S. The zero-order chi connectivity index (χ0) is 30.6. The summed E-state index contributed by atoms with van der Waals surface area (Å²) in [6, 6.07) is 9.08. The number of rotatable bonds is 8. The Balaban J connectivity index is 1.61. The number of aliphatic hydroxyl groups excluding tert-OH is 1. The number of nitrogens with one attached hydrogen (secondary N) is 2. The fourth-order valence-electron chi connectivity index (χ4n) is 4.59. The summed E-state index contributed by atoms with van der Waals surface area (Å²) in [5, 5.41) is 15.1. The van der Waals surface area contributed by atoms with Crippen LogP contribution in [0.5, 0.6) is 5.75 Å². The molecule has 14 heteroatoms. The van der Waals surface area contributed by atoms with Gasteiger partial charge in [0.05, 0.1) is 31.9 Å². The quantitative estimate of drug-likeness (QED) is 0.359. The van der Waals surface area contributed by atoms with Crippen LogP contribution in [0, 0.1) is 11.7 Å². The van der Waals surface area contributed by atoms with Crippen molar-refractivity contribution in [2.24, 2.45) is 13.0 Å². The topological polar surface area (TPSA) is 146 Å². The molecule has 0 radical (unpaired) electrons. The number of likely N-dealkylation sites (N-methyl/N-ethyl adjacent to an activating group) is 1. The zero-order valence-electron chi connectivity index (χ0n) is 23.8. The van der Waals surface area contributed by atoms with E-state index >= 15 is 0 Å². The van der Waals surface area contributed by atoms with E-state index in [1.165, 1.54) is 48.1 Å². The maximum atomic E-state index is 13.4. The van der Waals surface area contributed by atoms with Crippen LogP contribution in [0.3, 0.4) is 0 Å². The van der Waals surface area contributed by atoms with Crippen molar-refractivity contribution in [3.05, 3.63) is 66.4 Å². The molecule has 2 heterocycles. The number of aryl methyl sites for hydroxylation is 1. The summed E-state index contributed by atoms with van der Waals surface area (Å²) in [7, 11) is -0.796. The van der Waals surface area contributed by atoms with Gasteiger partial charge >= 0.3 is 6.03 Å². The number of nitrogens with zero attached hydrogens (tertiary/aromatic N) is 4. The monoisotopic (exact) mass is 602 g/mol. The normalized spacial score (nSPS) is 18.4. The molecule has 3 N–H and O–H groups in total. The van der Waals surface area contributed by atoms with Gasteiger partial charge in [0.1, 0.15) is 17.7 Å². The maximum Gasteiger partial charge on any atom is 0.323 e. The molecule has 3 amide bonds. The summed E-state index contributed by atoms with van der Waals surface area (Å²) in [6.45, 7) is 3.53. The van der Waals surface area contributed by atoms with Gasteiger partial charge in [-0.25, -0.2) is 22.6 Å². The maximum absolute atomic E-state index is 13.4. The number of urea groups is 1. The van der Waals surface area contributed by atoms with E-state index in [0.717, 1.165) is 0 Å². The van der Waals surface area contributed by atoms with Gasteiger partial charge in [0.2, 0.25) is 5.91 Å². The average molecular weight is 603 g/mol. The highest BCUT2D eigenvalue weighted by Crippen LogP contribution is 2.30. The number of aliphatic hydroxyl groups is 1. The SMILES string of the molecule is C[C@@H]1CN([C@@H](C)CO)C(=O)Cc2cc(NC(=O)Nc3ccc(F)cc3)ccc2O[C@H]1CN(C)S(=O)(=O)c1cn(C)cn1. The molecular weight excluding hydrogens is 567 g/mol. The van der Waals surface area contributed by atoms with Crippen LogP contribution in [0.4, 0.5) is 20.6 Å². The van der Waals surface area contributed by atoms with Gasteiger partial charge in [-0.1, -0.05) is 6.92 Å². The first kappa shape index (κ1) is 30.9. The molecule has 42 heavy (non-hydrogen) atoms. The number of anilines is 2. The van der Waals surface area contributed by atoms with E-state index in [0.29, 0.717) is 22.7 Å². The van der Waals surface area contributed by atoms with Crippen molar-refractivity contribution < 1.29 is 32.2 Å². The third-order valence-corrected chi connectivity index (χ3v) is 8.78. The van der Waals surface area contributed by atoms with Crippen molar-refractivity contribution in [3.63, 3.8) is 0 Å². The molecule has 0 spiro atoms. The minimum absolute atomic E-state index is 0.0326. The van der Waals surface area contributed by atoms with Crippen LogP contribution >= 0.6 is 0 Å². The molecule has 1 aliphatic rings. The van der Waals surface area contributed by atoms with Crippen molar-refractivity contribution >= 4 is 33.3 Å². The average Bonchev–Trinajstić information content (AvgIpc) is 3.40. The van der Waals surface area contributed by atoms with E-state index in [9.17, 15) is 27.5 Å². The van der Waals surface area contributed by atoms with Gasteiger partial charge in [-0.3, -0.25) is 4.79 Å². The smallest absolute Gasteiger partial charge is 0.323 e. The largest absolute Gasteiger partial charge is 0.488 e. The van der Waals surface area contributed by atoms with E-state index in [4.69, 9.17) is 4.74 Å². The summed E-state index contributed by atoms with van der Waals surface area (Å²) < 4.78 is 48.7. The Kier molecular flexibility index (Phi) is 9.49. The van der Waals surface area contributed by atoms with Crippen LogP contribution in [-0.4, -0.2) is 83.1 Å². The van der Waals surface area contributed by atoms with Crippen molar-refractivity contribution in [2.45, 2.75) is 37.4 Å². The van der Waals surface area contributed by atoms with Crippen LogP contribution in [0.15, 0.2) is 60.0 Å². The van der Waals surface area contributed by atoms with Gasteiger partial charge < -0.3 is 29.9 Å². The number of amides is 3. The molecule has 0 saturated heterocycles. The highest BCUT2D eigenvalue weighted by Gasteiger charge is 2.34. The standard InChI is InChI=1S/C28H35FN6O6S/c1-18-13-35(19(2)16-36)27(37)12-20-11-23(32-28(38)31-22-7-5-21(29)6-8-22)9-10-24(20)41-25(18)14-34(4)42(39,40)26-15-33(3)17-30-26/h5-11,15,17-19,25,36H,12-14,16H2,1-4H3,(H2,31,32,38)/t18-,19+,25+/m1/s1. The van der Waals surface area contributed by atoms with Crippen LogP contribution < -0.4 is 15.4 Å². The number of imidazole rings is 1. The van der Waals surface area contributed by atoms with E-state index in [1.807, 2.05) is 6.92 Å². The molecule has 4 rings (SSSR count). The molecule has 0 fully saturated rings. The second-order valence-electron chi connectivity index (χ2n) is 10.5. The van der Waals surface area contributed by atoms with Gasteiger partial charge in [0.15, 0.2) is 5.03 Å². The number of sulfonamides is 1. The molecule has 3 aromatic rings. The number of carbonyl (C=O) groups is 2. The van der Waals surface area contributed by atoms with E-state index in [1.54, 1.807) is 41.6 Å². The number of ether oxygens (including phenoxy) is 1. The highest BCUT2D eigenvalue weighted by atomic mass is 32.2. The second-order valence-corrected chi connectivity index (χ2v) is 12.5. The molecule has 1 aromatic heterocycles. The van der Waals surface area contributed by atoms with Crippen molar-refractivity contribution in [2.75, 3.05) is 37.4 Å². The van der Waals surface area contributed by atoms with Crippen LogP contribution in [0.2, 0.25) is 0 Å². The first-order chi connectivity index (χ1) is 19.9. The van der Waals surface area contributed by atoms with Gasteiger partial charge in [-0.2, -0.15) is 4.31 Å². The first-order valence-corrected chi connectivity index (χ1v) is 14.8. The number of benzene rings is 2. The lowest BCUT2D eigenvalue weighted by molar-refractivity contribution is -0.134. The second kappa shape index (κ2) is 12.9. The van der Waals surface area contributed by atoms with E-state index in [-0.39, 0.29) is 43.0 Å². The Morgan fingerprint density at radius 2 is 1.88 bits per heavy atom. The predicted molar refractivity (Wildman–Crippen MR) is 154 cm³/mol. The number of hydrogen-bond acceptors (Lipinski definition) is 7. The number of halogens is 1. The lowest BCUT2D eigenvalue weighted by atomic mass is 10.0. The number of aromatic nitrogens is 2. The third-order valence-electron chi connectivity index (χ3n) is 7.07. The van der Waals surface area contributed by atoms with Crippen LogP contribution in [-0.2, 0) is 28.3 Å². The van der Waals surface area contributed by atoms with Crippen molar-refractivity contribution in [1.29, 1.82) is 0 Å². The molecule has 0 bridgehead atoms. The third kappa shape index (κ3) is 7.24. The molecule has 0 saturated carbocycles.